The second kappa shape index (κ2) is 49.2. The molecule has 0 bridgehead atoms. The third kappa shape index (κ3) is 50.4. The number of carboxylic acid groups (broad SMARTS) is 1. The van der Waals surface area contributed by atoms with Gasteiger partial charge in [-0.2, -0.15) is 0 Å². The molecule has 0 saturated carbocycles. The SMILES string of the molecule is CC/C=C\C/C=C\C/C=C\C/C=C\C/C=C\C/C=C\CCCCCCC(=O)OC(COC(=O)CCCCCCCCCCCCCCCCCCCCC)COC(OCC[N+](C)(C)C)C(=O)O. The van der Waals surface area contributed by atoms with E-state index in [0.29, 0.717) is 23.9 Å². The summed E-state index contributed by atoms with van der Waals surface area (Å²) in [5.74, 6) is -2.04. The fraction of sp³-hybridized carbons (Fsp3) is 0.741. The van der Waals surface area contributed by atoms with Crippen LogP contribution in [-0.4, -0.2) is 87.4 Å². The maximum atomic E-state index is 12.8. The van der Waals surface area contributed by atoms with Gasteiger partial charge in [0.25, 0.3) is 6.29 Å². The molecule has 0 rings (SSSR count). The molecule has 0 aromatic heterocycles. The number of hydrogen-bond donors (Lipinski definition) is 1. The van der Waals surface area contributed by atoms with E-state index in [-0.39, 0.29) is 32.2 Å². The van der Waals surface area contributed by atoms with E-state index in [1.54, 1.807) is 0 Å². The molecule has 0 aromatic carbocycles. The highest BCUT2D eigenvalue weighted by Gasteiger charge is 2.25. The lowest BCUT2D eigenvalue weighted by molar-refractivity contribution is -0.870. The van der Waals surface area contributed by atoms with E-state index in [2.05, 4.69) is 86.8 Å². The van der Waals surface area contributed by atoms with Gasteiger partial charge in [0.05, 0.1) is 34.4 Å². The quantitative estimate of drug-likeness (QED) is 0.0211. The Morgan fingerprint density at radius 3 is 1.27 bits per heavy atom. The van der Waals surface area contributed by atoms with E-state index >= 15 is 0 Å². The van der Waals surface area contributed by atoms with Crippen molar-refractivity contribution >= 4 is 17.9 Å². The smallest absolute Gasteiger partial charge is 0.361 e. The van der Waals surface area contributed by atoms with Crippen molar-refractivity contribution in [3.05, 3.63) is 72.9 Å². The Kier molecular flexibility index (Phi) is 46.8. The van der Waals surface area contributed by atoms with Crippen molar-refractivity contribution in [2.45, 2.75) is 232 Å². The number of aliphatic carboxylic acids is 1. The maximum absolute atomic E-state index is 12.8. The Morgan fingerprint density at radius 2 is 0.851 bits per heavy atom. The average molecular weight is 941 g/mol. The van der Waals surface area contributed by atoms with Crippen molar-refractivity contribution in [1.82, 2.24) is 0 Å². The molecule has 0 aliphatic rings. The number of carbonyl (C=O) groups is 3. The van der Waals surface area contributed by atoms with Crippen molar-refractivity contribution in [3.63, 3.8) is 0 Å². The highest BCUT2D eigenvalue weighted by Crippen LogP contribution is 2.16. The van der Waals surface area contributed by atoms with Crippen LogP contribution in [0.4, 0.5) is 0 Å². The molecule has 0 saturated heterocycles. The summed E-state index contributed by atoms with van der Waals surface area (Å²) in [4.78, 5) is 37.3. The second-order valence-electron chi connectivity index (χ2n) is 19.2. The van der Waals surface area contributed by atoms with Gasteiger partial charge in [-0.3, -0.25) is 9.59 Å². The Hall–Kier alpha value is -3.27. The van der Waals surface area contributed by atoms with E-state index in [1.165, 1.54) is 103 Å². The van der Waals surface area contributed by atoms with Crippen molar-refractivity contribution in [2.75, 3.05) is 47.5 Å². The largest absolute Gasteiger partial charge is 0.477 e. The first-order valence-corrected chi connectivity index (χ1v) is 27.1. The van der Waals surface area contributed by atoms with Crippen molar-refractivity contribution in [2.24, 2.45) is 0 Å². The normalized spacial score (nSPS) is 13.4. The van der Waals surface area contributed by atoms with Crippen LogP contribution in [0.5, 0.6) is 0 Å². The Balaban J connectivity index is 4.37. The van der Waals surface area contributed by atoms with E-state index in [1.807, 2.05) is 21.1 Å². The summed E-state index contributed by atoms with van der Waals surface area (Å²) in [5.41, 5.74) is 0. The molecular weight excluding hydrogens is 839 g/mol. The van der Waals surface area contributed by atoms with Crippen LogP contribution in [0.25, 0.3) is 0 Å². The number of esters is 2. The highest BCUT2D eigenvalue weighted by atomic mass is 16.7. The van der Waals surface area contributed by atoms with E-state index in [9.17, 15) is 19.5 Å². The van der Waals surface area contributed by atoms with Crippen LogP contribution in [0.1, 0.15) is 219 Å². The minimum atomic E-state index is -1.52. The van der Waals surface area contributed by atoms with Gasteiger partial charge >= 0.3 is 17.9 Å². The van der Waals surface area contributed by atoms with Gasteiger partial charge in [-0.05, 0) is 64.2 Å². The molecule has 0 fully saturated rings. The first-order valence-electron chi connectivity index (χ1n) is 27.1. The number of likely N-dealkylation sites (N-methyl/N-ethyl adjacent to an activating group) is 1. The molecule has 0 aliphatic heterocycles. The predicted octanol–water partition coefficient (Wildman–Crippen LogP) is 15.5. The zero-order valence-corrected chi connectivity index (χ0v) is 43.8. The summed E-state index contributed by atoms with van der Waals surface area (Å²) >= 11 is 0. The highest BCUT2D eigenvalue weighted by molar-refractivity contribution is 5.71. The van der Waals surface area contributed by atoms with Gasteiger partial charge in [0.15, 0.2) is 6.10 Å². The van der Waals surface area contributed by atoms with Crippen molar-refractivity contribution < 1.29 is 42.9 Å². The molecule has 0 spiro atoms. The first-order chi connectivity index (χ1) is 32.6. The standard InChI is InChI=1S/C58H101NO8/c1-6-8-10-12-14-16-18-20-22-24-26-27-28-29-31-33-35-37-39-41-43-45-47-49-56(61)67-54(53-66-58(57(62)63)64-51-50-59(3,4)5)52-65-55(60)48-46-44-42-40-38-36-34-32-30-25-23-21-19-17-15-13-11-9-7-2/h8,10,14,16,20,22,26-27,29,31,35,37,54,58H,6-7,9,11-13,15,17-19,21,23-25,28,30,32-34,36,38-53H2,1-5H3/p+1/b10-8-,16-14-,22-20-,27-26-,31-29-,37-35-. The number of unbranched alkanes of at least 4 members (excludes halogenated alkanes) is 22. The number of rotatable bonds is 49. The summed E-state index contributed by atoms with van der Waals surface area (Å²) < 4.78 is 22.8. The zero-order chi connectivity index (χ0) is 49.2. The van der Waals surface area contributed by atoms with Gasteiger partial charge in [-0.1, -0.05) is 215 Å². The Morgan fingerprint density at radius 1 is 0.463 bits per heavy atom. The molecule has 9 heteroatoms. The van der Waals surface area contributed by atoms with Gasteiger partial charge < -0.3 is 28.5 Å². The second-order valence-corrected chi connectivity index (χ2v) is 19.2. The minimum absolute atomic E-state index is 0.180. The number of nitrogens with zero attached hydrogens (tertiary/aromatic N) is 1. The third-order valence-corrected chi connectivity index (χ3v) is 11.5. The molecule has 2 unspecified atom stereocenters. The van der Waals surface area contributed by atoms with Gasteiger partial charge in [-0.25, -0.2) is 4.79 Å². The number of ether oxygens (including phenoxy) is 4. The molecule has 0 amide bonds. The summed E-state index contributed by atoms with van der Waals surface area (Å²) in [6.07, 6.45) is 59.7. The van der Waals surface area contributed by atoms with Crippen LogP contribution < -0.4 is 0 Å². The number of carbonyl (C=O) groups excluding carboxylic acids is 2. The van der Waals surface area contributed by atoms with Crippen molar-refractivity contribution in [3.8, 4) is 0 Å². The molecule has 0 heterocycles. The van der Waals surface area contributed by atoms with E-state index < -0.39 is 24.3 Å². The molecule has 1 N–H and O–H groups in total. The summed E-state index contributed by atoms with van der Waals surface area (Å²) in [7, 11) is 5.95. The monoisotopic (exact) mass is 941 g/mol. The summed E-state index contributed by atoms with van der Waals surface area (Å²) in [5, 5.41) is 9.68. The maximum Gasteiger partial charge on any atom is 0.361 e. The fourth-order valence-electron chi connectivity index (χ4n) is 7.31. The van der Waals surface area contributed by atoms with Crippen LogP contribution in [0.3, 0.4) is 0 Å². The number of quaternary nitrogens is 1. The Bertz CT molecular complexity index is 1330. The topological polar surface area (TPSA) is 108 Å². The van der Waals surface area contributed by atoms with Gasteiger partial charge in [0, 0.05) is 12.8 Å². The lowest BCUT2D eigenvalue weighted by Crippen LogP contribution is -2.40. The first kappa shape index (κ1) is 63.7. The molecular formula is C58H102NO8+. The summed E-state index contributed by atoms with van der Waals surface area (Å²) in [6.45, 7) is 4.74. The molecule has 67 heavy (non-hydrogen) atoms. The van der Waals surface area contributed by atoms with Gasteiger partial charge in [-0.15, -0.1) is 0 Å². The molecule has 0 aromatic rings. The molecule has 0 radical (unpaired) electrons. The van der Waals surface area contributed by atoms with Gasteiger partial charge in [0.2, 0.25) is 0 Å². The third-order valence-electron chi connectivity index (χ3n) is 11.5. The average Bonchev–Trinajstić information content (AvgIpc) is 3.29. The minimum Gasteiger partial charge on any atom is -0.477 e. The van der Waals surface area contributed by atoms with E-state index in [0.717, 1.165) is 83.5 Å². The van der Waals surface area contributed by atoms with E-state index in [4.69, 9.17) is 18.9 Å². The van der Waals surface area contributed by atoms with Crippen LogP contribution >= 0.6 is 0 Å². The van der Waals surface area contributed by atoms with Crippen LogP contribution in [-0.2, 0) is 33.3 Å². The number of carboxylic acids is 1. The number of allylic oxidation sites excluding steroid dienone is 12. The number of hydrogen-bond acceptors (Lipinski definition) is 7. The van der Waals surface area contributed by atoms with Crippen LogP contribution in [0.15, 0.2) is 72.9 Å². The predicted molar refractivity (Wildman–Crippen MR) is 281 cm³/mol. The molecule has 2 atom stereocenters. The lowest BCUT2D eigenvalue weighted by Gasteiger charge is -2.25. The zero-order valence-electron chi connectivity index (χ0n) is 43.8. The van der Waals surface area contributed by atoms with Crippen LogP contribution in [0, 0.1) is 0 Å². The Labute approximate surface area is 411 Å². The fourth-order valence-corrected chi connectivity index (χ4v) is 7.31. The molecule has 386 valence electrons. The molecule has 9 nitrogen and oxygen atoms in total. The summed E-state index contributed by atoms with van der Waals surface area (Å²) in [6, 6.07) is 0. The van der Waals surface area contributed by atoms with Crippen molar-refractivity contribution in [1.29, 1.82) is 0 Å². The van der Waals surface area contributed by atoms with Gasteiger partial charge in [0.1, 0.15) is 13.2 Å². The van der Waals surface area contributed by atoms with Crippen LogP contribution in [0.2, 0.25) is 0 Å². The molecule has 0 aliphatic carbocycles. The lowest BCUT2D eigenvalue weighted by atomic mass is 10.0.